The van der Waals surface area contributed by atoms with Gasteiger partial charge in [-0.2, -0.15) is 0 Å². The van der Waals surface area contributed by atoms with Crippen molar-refractivity contribution in [2.45, 2.75) is 63.5 Å². The monoisotopic (exact) mass is 330 g/mol. The van der Waals surface area contributed by atoms with Crippen LogP contribution in [0.3, 0.4) is 0 Å². The van der Waals surface area contributed by atoms with Gasteiger partial charge >= 0.3 is 6.09 Å². The molecule has 130 valence electrons. The number of carbonyl (C=O) groups is 2. The van der Waals surface area contributed by atoms with Gasteiger partial charge in [0.2, 0.25) is 5.91 Å². The molecule has 2 atom stereocenters. The zero-order valence-electron chi connectivity index (χ0n) is 14.0. The van der Waals surface area contributed by atoms with Gasteiger partial charge in [0.05, 0.1) is 0 Å². The summed E-state index contributed by atoms with van der Waals surface area (Å²) in [6.07, 6.45) is 7.30. The molecular formula is C19H26N2O3. The van der Waals surface area contributed by atoms with Crippen LogP contribution in [0, 0.1) is 5.92 Å². The number of hydrogen-bond acceptors (Lipinski definition) is 3. The van der Waals surface area contributed by atoms with Crippen molar-refractivity contribution in [2.24, 2.45) is 5.92 Å². The predicted octanol–water partition coefficient (Wildman–Crippen LogP) is 3.85. The third kappa shape index (κ3) is 4.73. The van der Waals surface area contributed by atoms with Crippen molar-refractivity contribution in [3.63, 3.8) is 0 Å². The highest BCUT2D eigenvalue weighted by Crippen LogP contribution is 2.27. The Labute approximate surface area is 143 Å². The first kappa shape index (κ1) is 16.8. The molecule has 2 amide bonds. The Morgan fingerprint density at radius 2 is 1.71 bits per heavy atom. The highest BCUT2D eigenvalue weighted by molar-refractivity contribution is 5.84. The first-order valence-electron chi connectivity index (χ1n) is 9.04. The minimum Gasteiger partial charge on any atom is -0.446 e. The molecule has 0 spiro atoms. The standard InChI is InChI=1S/C19H26N2O3/c22-18(14-7-4-5-8-14)20-16-11-6-12-17(13-16)24-19(23)21-15-9-2-1-3-10-15/h1-3,9-10,14,16-17H,4-8,11-13H2,(H,20,22)(H,21,23)/t16-,17+/m0/s1. The van der Waals surface area contributed by atoms with Gasteiger partial charge in [-0.3, -0.25) is 10.1 Å². The van der Waals surface area contributed by atoms with Crippen LogP contribution in [0.15, 0.2) is 30.3 Å². The number of ether oxygens (including phenoxy) is 1. The lowest BCUT2D eigenvalue weighted by molar-refractivity contribution is -0.125. The fourth-order valence-corrected chi connectivity index (χ4v) is 3.71. The first-order chi connectivity index (χ1) is 11.7. The average Bonchev–Trinajstić information content (AvgIpc) is 3.10. The topological polar surface area (TPSA) is 67.4 Å². The summed E-state index contributed by atoms with van der Waals surface area (Å²) in [5, 5.41) is 5.90. The molecule has 1 aromatic carbocycles. The molecule has 2 aliphatic rings. The van der Waals surface area contributed by atoms with E-state index in [1.54, 1.807) is 0 Å². The molecule has 24 heavy (non-hydrogen) atoms. The number of hydrogen-bond donors (Lipinski definition) is 2. The molecule has 0 bridgehead atoms. The summed E-state index contributed by atoms with van der Waals surface area (Å²) in [7, 11) is 0. The number of para-hydroxylation sites is 1. The number of amides is 2. The summed E-state index contributed by atoms with van der Waals surface area (Å²) in [4.78, 5) is 24.3. The summed E-state index contributed by atoms with van der Waals surface area (Å²) in [5.74, 6) is 0.375. The van der Waals surface area contributed by atoms with E-state index in [1.807, 2.05) is 30.3 Å². The van der Waals surface area contributed by atoms with Crippen molar-refractivity contribution >= 4 is 17.7 Å². The predicted molar refractivity (Wildman–Crippen MR) is 92.7 cm³/mol. The summed E-state index contributed by atoms with van der Waals surface area (Å²) >= 11 is 0. The molecule has 0 unspecified atom stereocenters. The maximum atomic E-state index is 12.3. The third-order valence-electron chi connectivity index (χ3n) is 4.99. The van der Waals surface area contributed by atoms with Crippen molar-refractivity contribution in [3.8, 4) is 0 Å². The van der Waals surface area contributed by atoms with E-state index in [1.165, 1.54) is 0 Å². The molecule has 5 nitrogen and oxygen atoms in total. The van der Waals surface area contributed by atoms with E-state index >= 15 is 0 Å². The highest BCUT2D eigenvalue weighted by Gasteiger charge is 2.29. The zero-order valence-corrected chi connectivity index (χ0v) is 14.0. The van der Waals surface area contributed by atoms with E-state index in [2.05, 4.69) is 10.6 Å². The molecule has 2 saturated carbocycles. The fraction of sp³-hybridized carbons (Fsp3) is 0.579. The second kappa shape index (κ2) is 8.18. The number of rotatable bonds is 4. The number of benzene rings is 1. The van der Waals surface area contributed by atoms with Crippen LogP contribution in [-0.2, 0) is 9.53 Å². The zero-order chi connectivity index (χ0) is 16.8. The molecule has 3 rings (SSSR count). The molecule has 0 saturated heterocycles. The largest absolute Gasteiger partial charge is 0.446 e. The summed E-state index contributed by atoms with van der Waals surface area (Å²) in [6, 6.07) is 9.41. The highest BCUT2D eigenvalue weighted by atomic mass is 16.6. The Hall–Kier alpha value is -2.04. The second-order valence-corrected chi connectivity index (χ2v) is 6.87. The lowest BCUT2D eigenvalue weighted by atomic mass is 9.92. The Bertz CT molecular complexity index is 555. The van der Waals surface area contributed by atoms with E-state index in [-0.39, 0.29) is 24.0 Å². The molecular weight excluding hydrogens is 304 g/mol. The van der Waals surface area contributed by atoms with Crippen LogP contribution in [0.25, 0.3) is 0 Å². The van der Waals surface area contributed by atoms with Crippen LogP contribution in [0.4, 0.5) is 10.5 Å². The molecule has 0 aliphatic heterocycles. The normalized spacial score (nSPS) is 24.3. The third-order valence-corrected chi connectivity index (χ3v) is 4.99. The van der Waals surface area contributed by atoms with Crippen molar-refractivity contribution in [3.05, 3.63) is 30.3 Å². The molecule has 2 fully saturated rings. The SMILES string of the molecule is O=C(Nc1ccccc1)O[C@@H]1CCC[C@H](NC(=O)C2CCCC2)C1. The van der Waals surface area contributed by atoms with Crippen LogP contribution in [0.1, 0.15) is 51.4 Å². The van der Waals surface area contributed by atoms with Crippen molar-refractivity contribution < 1.29 is 14.3 Å². The lowest BCUT2D eigenvalue weighted by Crippen LogP contribution is -2.43. The van der Waals surface area contributed by atoms with Crippen molar-refractivity contribution in [2.75, 3.05) is 5.32 Å². The van der Waals surface area contributed by atoms with Gasteiger partial charge < -0.3 is 10.1 Å². The summed E-state index contributed by atoms with van der Waals surface area (Å²) in [5.41, 5.74) is 0.726. The minimum atomic E-state index is -0.422. The van der Waals surface area contributed by atoms with Crippen LogP contribution >= 0.6 is 0 Å². The van der Waals surface area contributed by atoms with Crippen LogP contribution in [0.2, 0.25) is 0 Å². The second-order valence-electron chi connectivity index (χ2n) is 6.87. The maximum absolute atomic E-state index is 12.3. The Kier molecular flexibility index (Phi) is 5.72. The average molecular weight is 330 g/mol. The summed E-state index contributed by atoms with van der Waals surface area (Å²) in [6.45, 7) is 0. The molecule has 0 radical (unpaired) electrons. The Morgan fingerprint density at radius 3 is 2.46 bits per heavy atom. The van der Waals surface area contributed by atoms with Gasteiger partial charge in [-0.25, -0.2) is 4.79 Å². The van der Waals surface area contributed by atoms with E-state index in [0.717, 1.165) is 50.6 Å². The molecule has 1 aromatic rings. The molecule has 2 aliphatic carbocycles. The summed E-state index contributed by atoms with van der Waals surface area (Å²) < 4.78 is 5.53. The molecule has 5 heteroatoms. The van der Waals surface area contributed by atoms with Crippen LogP contribution in [-0.4, -0.2) is 24.1 Å². The first-order valence-corrected chi connectivity index (χ1v) is 9.04. The molecule has 2 N–H and O–H groups in total. The fourth-order valence-electron chi connectivity index (χ4n) is 3.71. The van der Waals surface area contributed by atoms with Gasteiger partial charge in [-0.15, -0.1) is 0 Å². The van der Waals surface area contributed by atoms with Crippen LogP contribution in [0.5, 0.6) is 0 Å². The van der Waals surface area contributed by atoms with Gasteiger partial charge in [-0.1, -0.05) is 31.0 Å². The van der Waals surface area contributed by atoms with E-state index in [0.29, 0.717) is 6.42 Å². The Balaban J connectivity index is 1.44. The lowest BCUT2D eigenvalue weighted by Gasteiger charge is -2.30. The quantitative estimate of drug-likeness (QED) is 0.881. The van der Waals surface area contributed by atoms with Gasteiger partial charge in [0, 0.05) is 24.1 Å². The molecule has 0 aromatic heterocycles. The number of carbonyl (C=O) groups excluding carboxylic acids is 2. The van der Waals surface area contributed by atoms with Gasteiger partial charge in [0.25, 0.3) is 0 Å². The van der Waals surface area contributed by atoms with Gasteiger partial charge in [-0.05, 0) is 44.2 Å². The molecule has 0 heterocycles. The van der Waals surface area contributed by atoms with Gasteiger partial charge in [0.1, 0.15) is 6.10 Å². The van der Waals surface area contributed by atoms with E-state index in [4.69, 9.17) is 4.74 Å². The van der Waals surface area contributed by atoms with E-state index in [9.17, 15) is 9.59 Å². The van der Waals surface area contributed by atoms with Gasteiger partial charge in [0.15, 0.2) is 0 Å². The van der Waals surface area contributed by atoms with Crippen LogP contribution < -0.4 is 10.6 Å². The van der Waals surface area contributed by atoms with Crippen molar-refractivity contribution in [1.82, 2.24) is 5.32 Å². The Morgan fingerprint density at radius 1 is 0.958 bits per heavy atom. The maximum Gasteiger partial charge on any atom is 0.411 e. The number of nitrogens with one attached hydrogen (secondary N) is 2. The minimum absolute atomic E-state index is 0.126. The smallest absolute Gasteiger partial charge is 0.411 e. The number of anilines is 1. The van der Waals surface area contributed by atoms with E-state index < -0.39 is 6.09 Å². The van der Waals surface area contributed by atoms with Crippen molar-refractivity contribution in [1.29, 1.82) is 0 Å².